The molecular formula is C13H17F2NO2S. The van der Waals surface area contributed by atoms with Crippen molar-refractivity contribution >= 4 is 9.84 Å². The number of rotatable bonds is 3. The Morgan fingerprint density at radius 1 is 1.21 bits per heavy atom. The highest BCUT2D eigenvalue weighted by Crippen LogP contribution is 2.25. The molecule has 0 atom stereocenters. The van der Waals surface area contributed by atoms with Crippen LogP contribution in [0.1, 0.15) is 18.4 Å². The second-order valence-electron chi connectivity index (χ2n) is 5.02. The van der Waals surface area contributed by atoms with Gasteiger partial charge < -0.3 is 5.32 Å². The van der Waals surface area contributed by atoms with Crippen LogP contribution in [0.15, 0.2) is 17.0 Å². The summed E-state index contributed by atoms with van der Waals surface area (Å²) in [5.74, 6) is -1.96. The third-order valence-corrected chi connectivity index (χ3v) is 4.61. The molecule has 0 amide bonds. The summed E-state index contributed by atoms with van der Waals surface area (Å²) in [6.07, 6.45) is 3.18. The topological polar surface area (TPSA) is 46.2 Å². The number of piperidine rings is 1. The van der Waals surface area contributed by atoms with E-state index in [4.69, 9.17) is 0 Å². The molecule has 1 aliphatic rings. The summed E-state index contributed by atoms with van der Waals surface area (Å²) in [6.45, 7) is 1.77. The van der Waals surface area contributed by atoms with Crippen LogP contribution in [0.4, 0.5) is 8.78 Å². The van der Waals surface area contributed by atoms with E-state index >= 15 is 0 Å². The highest BCUT2D eigenvalue weighted by Gasteiger charge is 2.22. The zero-order chi connectivity index (χ0) is 14.0. The number of hydrogen-bond acceptors (Lipinski definition) is 3. The largest absolute Gasteiger partial charge is 0.317 e. The highest BCUT2D eigenvalue weighted by atomic mass is 32.2. The molecule has 1 aliphatic heterocycles. The lowest BCUT2D eigenvalue weighted by atomic mass is 9.91. The van der Waals surface area contributed by atoms with Crippen LogP contribution in [0.5, 0.6) is 0 Å². The molecule has 0 saturated carbocycles. The maximum absolute atomic E-state index is 13.9. The van der Waals surface area contributed by atoms with E-state index in [1.165, 1.54) is 6.07 Å². The van der Waals surface area contributed by atoms with E-state index < -0.39 is 26.4 Å². The van der Waals surface area contributed by atoms with Crippen LogP contribution in [-0.2, 0) is 16.3 Å². The first-order chi connectivity index (χ1) is 8.89. The van der Waals surface area contributed by atoms with E-state index in [9.17, 15) is 17.2 Å². The molecule has 0 aliphatic carbocycles. The van der Waals surface area contributed by atoms with Crippen LogP contribution in [0.25, 0.3) is 0 Å². The van der Waals surface area contributed by atoms with Gasteiger partial charge in [-0.15, -0.1) is 0 Å². The van der Waals surface area contributed by atoms with E-state index in [1.807, 2.05) is 0 Å². The third-order valence-electron chi connectivity index (χ3n) is 3.49. The van der Waals surface area contributed by atoms with Gasteiger partial charge in [0.1, 0.15) is 4.90 Å². The Morgan fingerprint density at radius 2 is 1.84 bits per heavy atom. The van der Waals surface area contributed by atoms with E-state index in [2.05, 4.69) is 5.32 Å². The minimum absolute atomic E-state index is 0.261. The first-order valence-corrected chi connectivity index (χ1v) is 8.16. The molecule has 1 fully saturated rings. The monoisotopic (exact) mass is 289 g/mol. The summed E-state index contributed by atoms with van der Waals surface area (Å²) in [4.78, 5) is -0.570. The third kappa shape index (κ3) is 3.30. The summed E-state index contributed by atoms with van der Waals surface area (Å²) in [6, 6.07) is 2.54. The van der Waals surface area contributed by atoms with Crippen LogP contribution in [-0.4, -0.2) is 27.8 Å². The van der Waals surface area contributed by atoms with Crippen LogP contribution in [0.3, 0.4) is 0 Å². The van der Waals surface area contributed by atoms with Crippen molar-refractivity contribution in [2.45, 2.75) is 24.2 Å². The SMILES string of the molecule is CS(=O)(=O)c1ccc(CC2CCNCC2)c(F)c1F. The molecule has 0 radical (unpaired) electrons. The molecule has 1 heterocycles. The summed E-state index contributed by atoms with van der Waals surface area (Å²) in [7, 11) is -3.73. The molecule has 0 aromatic heterocycles. The molecule has 106 valence electrons. The maximum atomic E-state index is 13.9. The first-order valence-electron chi connectivity index (χ1n) is 6.27. The highest BCUT2D eigenvalue weighted by molar-refractivity contribution is 7.90. The van der Waals surface area contributed by atoms with Crippen molar-refractivity contribution < 1.29 is 17.2 Å². The van der Waals surface area contributed by atoms with Gasteiger partial charge in [-0.1, -0.05) is 6.07 Å². The average molecular weight is 289 g/mol. The van der Waals surface area contributed by atoms with Crippen LogP contribution in [0, 0.1) is 17.6 Å². The van der Waals surface area contributed by atoms with Gasteiger partial charge >= 0.3 is 0 Å². The molecule has 1 aromatic carbocycles. The number of halogens is 2. The van der Waals surface area contributed by atoms with Crippen molar-refractivity contribution in [1.82, 2.24) is 5.32 Å². The van der Waals surface area contributed by atoms with Crippen molar-refractivity contribution in [3.05, 3.63) is 29.3 Å². The fourth-order valence-corrected chi connectivity index (χ4v) is 3.14. The molecule has 3 nitrogen and oxygen atoms in total. The summed E-state index contributed by atoms with van der Waals surface area (Å²) in [5, 5.41) is 3.21. The fraction of sp³-hybridized carbons (Fsp3) is 0.538. The second-order valence-corrected chi connectivity index (χ2v) is 7.00. The van der Waals surface area contributed by atoms with Crippen molar-refractivity contribution in [3.63, 3.8) is 0 Å². The van der Waals surface area contributed by atoms with Gasteiger partial charge in [-0.2, -0.15) is 0 Å². The number of sulfone groups is 1. The molecular weight excluding hydrogens is 272 g/mol. The van der Waals surface area contributed by atoms with Gasteiger partial charge in [0, 0.05) is 6.26 Å². The maximum Gasteiger partial charge on any atom is 0.178 e. The Kier molecular flexibility index (Phi) is 4.20. The summed E-state index contributed by atoms with van der Waals surface area (Å²) < 4.78 is 50.2. The standard InChI is InChI=1S/C13H17F2NO2S/c1-19(17,18)11-3-2-10(12(14)13(11)15)8-9-4-6-16-7-5-9/h2-3,9,16H,4-8H2,1H3. The summed E-state index contributed by atoms with van der Waals surface area (Å²) in [5.41, 5.74) is 0.261. The predicted octanol–water partition coefficient (Wildman–Crippen LogP) is 1.91. The molecule has 2 rings (SSSR count). The van der Waals surface area contributed by atoms with Gasteiger partial charge in [0.2, 0.25) is 0 Å². The molecule has 0 unspecified atom stereocenters. The van der Waals surface area contributed by atoms with E-state index in [0.717, 1.165) is 38.3 Å². The van der Waals surface area contributed by atoms with Gasteiger partial charge in [-0.3, -0.25) is 0 Å². The molecule has 19 heavy (non-hydrogen) atoms. The number of nitrogens with one attached hydrogen (secondary N) is 1. The normalized spacial score (nSPS) is 17.6. The van der Waals surface area contributed by atoms with Crippen molar-refractivity contribution in [2.75, 3.05) is 19.3 Å². The van der Waals surface area contributed by atoms with Crippen LogP contribution in [0.2, 0.25) is 0 Å². The Hall–Kier alpha value is -1.01. The first kappa shape index (κ1) is 14.4. The smallest absolute Gasteiger partial charge is 0.178 e. The Balaban J connectivity index is 2.26. The van der Waals surface area contributed by atoms with Gasteiger partial charge in [-0.05, 0) is 49.9 Å². The lowest BCUT2D eigenvalue weighted by Crippen LogP contribution is -2.28. The van der Waals surface area contributed by atoms with Crippen molar-refractivity contribution in [1.29, 1.82) is 0 Å². The van der Waals surface area contributed by atoms with E-state index in [-0.39, 0.29) is 5.56 Å². The van der Waals surface area contributed by atoms with E-state index in [0.29, 0.717) is 12.3 Å². The van der Waals surface area contributed by atoms with Crippen LogP contribution < -0.4 is 5.32 Å². The Morgan fingerprint density at radius 3 is 2.42 bits per heavy atom. The predicted molar refractivity (Wildman–Crippen MR) is 68.8 cm³/mol. The van der Waals surface area contributed by atoms with Gasteiger partial charge in [0.15, 0.2) is 21.5 Å². The fourth-order valence-electron chi connectivity index (χ4n) is 2.41. The Labute approximate surface area is 111 Å². The zero-order valence-corrected chi connectivity index (χ0v) is 11.6. The average Bonchev–Trinajstić information content (AvgIpc) is 2.35. The van der Waals surface area contributed by atoms with Gasteiger partial charge in [0.05, 0.1) is 0 Å². The molecule has 1 aromatic rings. The molecule has 1 saturated heterocycles. The Bertz CT molecular complexity index is 566. The molecule has 1 N–H and O–H groups in total. The van der Waals surface area contributed by atoms with E-state index in [1.54, 1.807) is 0 Å². The summed E-state index contributed by atoms with van der Waals surface area (Å²) >= 11 is 0. The molecule has 0 spiro atoms. The van der Waals surface area contributed by atoms with Gasteiger partial charge in [-0.25, -0.2) is 17.2 Å². The number of hydrogen-bond donors (Lipinski definition) is 1. The second kappa shape index (κ2) is 5.54. The number of benzene rings is 1. The lowest BCUT2D eigenvalue weighted by Gasteiger charge is -2.22. The van der Waals surface area contributed by atoms with Crippen LogP contribution >= 0.6 is 0 Å². The minimum Gasteiger partial charge on any atom is -0.317 e. The van der Waals surface area contributed by atoms with Gasteiger partial charge in [0.25, 0.3) is 0 Å². The lowest BCUT2D eigenvalue weighted by molar-refractivity contribution is 0.365. The minimum atomic E-state index is -3.73. The zero-order valence-electron chi connectivity index (χ0n) is 10.7. The van der Waals surface area contributed by atoms with Crippen molar-refractivity contribution in [3.8, 4) is 0 Å². The molecule has 6 heteroatoms. The van der Waals surface area contributed by atoms with Crippen molar-refractivity contribution in [2.24, 2.45) is 5.92 Å². The molecule has 0 bridgehead atoms. The quantitative estimate of drug-likeness (QED) is 0.924.